The quantitative estimate of drug-likeness (QED) is 0.345. The van der Waals surface area contributed by atoms with E-state index in [9.17, 15) is 8.78 Å². The minimum atomic E-state index is -0.795. The molecule has 1 aromatic rings. The lowest BCUT2D eigenvalue weighted by Gasteiger charge is -2.23. The molecule has 1 aromatic carbocycles. The van der Waals surface area contributed by atoms with Crippen molar-refractivity contribution in [2.45, 2.75) is 71.7 Å². The minimum absolute atomic E-state index is 0.0566. The molecule has 132 valence electrons. The molecule has 0 radical (unpaired) electrons. The molecule has 0 aromatic heterocycles. The number of benzene rings is 1. The van der Waals surface area contributed by atoms with Crippen molar-refractivity contribution in [3.05, 3.63) is 35.4 Å². The van der Waals surface area contributed by atoms with Crippen molar-refractivity contribution in [3.8, 4) is 0 Å². The Bertz CT molecular complexity index is 445. The molecule has 3 nitrogen and oxygen atoms in total. The van der Waals surface area contributed by atoms with Gasteiger partial charge in [-0.25, -0.2) is 8.78 Å². The van der Waals surface area contributed by atoms with Gasteiger partial charge in [-0.2, -0.15) is 0 Å². The largest absolute Gasteiger partial charge is 0.379 e. The van der Waals surface area contributed by atoms with E-state index in [-0.39, 0.29) is 12.2 Å². The Morgan fingerprint density at radius 1 is 0.957 bits per heavy atom. The Balaban J connectivity index is 2.19. The highest BCUT2D eigenvalue weighted by molar-refractivity contribution is 6.27. The van der Waals surface area contributed by atoms with Crippen LogP contribution in [0.1, 0.15) is 46.1 Å². The number of rotatable bonds is 11. The zero-order chi connectivity index (χ0) is 17.2. The van der Waals surface area contributed by atoms with Crippen LogP contribution in [0.5, 0.6) is 0 Å². The summed E-state index contributed by atoms with van der Waals surface area (Å²) in [5.74, 6) is -1.57. The van der Waals surface area contributed by atoms with E-state index in [0.29, 0.717) is 0 Å². The van der Waals surface area contributed by atoms with Crippen molar-refractivity contribution >= 4 is 9.76 Å². The summed E-state index contributed by atoms with van der Waals surface area (Å²) in [5, 5.41) is 0. The lowest BCUT2D eigenvalue weighted by atomic mass is 10.1. The first-order chi connectivity index (χ1) is 10.9. The summed E-state index contributed by atoms with van der Waals surface area (Å²) < 4.78 is 42.8. The summed E-state index contributed by atoms with van der Waals surface area (Å²) >= 11 is 0. The molecule has 0 spiro atoms. The Labute approximate surface area is 140 Å². The molecule has 6 heteroatoms. The summed E-state index contributed by atoms with van der Waals surface area (Å²) in [7, 11) is -0.721. The van der Waals surface area contributed by atoms with E-state index in [1.165, 1.54) is 12.1 Å². The molecule has 0 aliphatic carbocycles. The van der Waals surface area contributed by atoms with Crippen LogP contribution in [-0.4, -0.2) is 28.4 Å². The van der Waals surface area contributed by atoms with E-state index in [0.717, 1.165) is 30.9 Å². The number of hydrogen-bond donors (Lipinski definition) is 0. The van der Waals surface area contributed by atoms with Gasteiger partial charge >= 0.3 is 0 Å². The zero-order valence-electron chi connectivity index (χ0n) is 14.5. The first kappa shape index (κ1) is 20.2. The van der Waals surface area contributed by atoms with Crippen LogP contribution in [0.25, 0.3) is 0 Å². The van der Waals surface area contributed by atoms with Crippen molar-refractivity contribution in [2.24, 2.45) is 0 Å². The normalized spacial score (nSPS) is 12.4. The molecule has 0 saturated carbocycles. The highest BCUT2D eigenvalue weighted by Crippen LogP contribution is 2.12. The standard InChI is InChI=1S/C17H28F2O3Si/c1-12(2)20-17(21-13(3)4)22-23-10-6-5-7-14-8-9-15(18)16(19)11-14/h8-9,11-13,17H,5-7,10,23H2,1-4H3. The second kappa shape index (κ2) is 10.9. The fourth-order valence-electron chi connectivity index (χ4n) is 2.04. The lowest BCUT2D eigenvalue weighted by molar-refractivity contribution is -0.275. The summed E-state index contributed by atoms with van der Waals surface area (Å²) in [6.45, 7) is 7.22. The van der Waals surface area contributed by atoms with Gasteiger partial charge in [-0.15, -0.1) is 0 Å². The van der Waals surface area contributed by atoms with Gasteiger partial charge in [-0.05, 0) is 64.3 Å². The van der Waals surface area contributed by atoms with Crippen molar-refractivity contribution < 1.29 is 22.7 Å². The fourth-order valence-corrected chi connectivity index (χ4v) is 3.11. The molecule has 0 saturated heterocycles. The third-order valence-corrected chi connectivity index (χ3v) is 4.41. The third-order valence-electron chi connectivity index (χ3n) is 3.11. The minimum Gasteiger partial charge on any atom is -0.379 e. The molecule has 0 aliphatic heterocycles. The number of hydrogen-bond acceptors (Lipinski definition) is 3. The second-order valence-corrected chi connectivity index (χ2v) is 7.54. The number of halogens is 2. The zero-order valence-corrected chi connectivity index (χ0v) is 15.9. The monoisotopic (exact) mass is 346 g/mol. The molecule has 0 heterocycles. The molecule has 0 amide bonds. The van der Waals surface area contributed by atoms with E-state index >= 15 is 0 Å². The van der Waals surface area contributed by atoms with E-state index in [1.54, 1.807) is 6.07 Å². The summed E-state index contributed by atoms with van der Waals surface area (Å²) in [5.41, 5.74) is 0.829. The molecular formula is C17H28F2O3Si. The van der Waals surface area contributed by atoms with Gasteiger partial charge in [-0.1, -0.05) is 12.5 Å². The van der Waals surface area contributed by atoms with Gasteiger partial charge in [-0.3, -0.25) is 0 Å². The summed E-state index contributed by atoms with van der Waals surface area (Å²) in [6.07, 6.45) is 2.80. The predicted octanol–water partition coefficient (Wildman–Crippen LogP) is 3.94. The highest BCUT2D eigenvalue weighted by Gasteiger charge is 2.13. The number of unbranched alkanes of at least 4 members (excludes halogenated alkanes) is 1. The van der Waals surface area contributed by atoms with Gasteiger partial charge in [0.15, 0.2) is 21.4 Å². The lowest BCUT2D eigenvalue weighted by Crippen LogP contribution is -2.28. The van der Waals surface area contributed by atoms with Crippen molar-refractivity contribution in [1.29, 1.82) is 0 Å². The average molecular weight is 346 g/mol. The number of aryl methyl sites for hydroxylation is 1. The maximum absolute atomic E-state index is 13.1. The van der Waals surface area contributed by atoms with E-state index < -0.39 is 27.9 Å². The molecule has 23 heavy (non-hydrogen) atoms. The van der Waals surface area contributed by atoms with Crippen molar-refractivity contribution in [3.63, 3.8) is 0 Å². The van der Waals surface area contributed by atoms with Gasteiger partial charge in [0.1, 0.15) is 0 Å². The van der Waals surface area contributed by atoms with Gasteiger partial charge in [0.25, 0.3) is 6.48 Å². The van der Waals surface area contributed by atoms with Crippen LogP contribution in [0.15, 0.2) is 18.2 Å². The summed E-state index contributed by atoms with van der Waals surface area (Å²) in [4.78, 5) is 0. The van der Waals surface area contributed by atoms with Crippen LogP contribution >= 0.6 is 0 Å². The SMILES string of the molecule is CC(C)OC(O[SiH2]CCCCc1ccc(F)c(F)c1)OC(C)C. The molecule has 0 aliphatic rings. The topological polar surface area (TPSA) is 27.7 Å². The van der Waals surface area contributed by atoms with Crippen LogP contribution in [-0.2, 0) is 20.3 Å². The average Bonchev–Trinajstić information content (AvgIpc) is 2.45. The van der Waals surface area contributed by atoms with Crippen LogP contribution in [0.3, 0.4) is 0 Å². The Hall–Kier alpha value is -0.823. The van der Waals surface area contributed by atoms with Crippen LogP contribution in [0, 0.1) is 11.6 Å². The van der Waals surface area contributed by atoms with Gasteiger partial charge in [0.05, 0.1) is 12.2 Å². The summed E-state index contributed by atoms with van der Waals surface area (Å²) in [6, 6.07) is 5.09. The van der Waals surface area contributed by atoms with Gasteiger partial charge in [0.2, 0.25) is 0 Å². The van der Waals surface area contributed by atoms with Crippen molar-refractivity contribution in [1.82, 2.24) is 0 Å². The molecular weight excluding hydrogens is 318 g/mol. The Morgan fingerprint density at radius 2 is 1.61 bits per heavy atom. The molecule has 0 unspecified atom stereocenters. The molecule has 0 atom stereocenters. The van der Waals surface area contributed by atoms with E-state index in [1.807, 2.05) is 27.7 Å². The molecule has 0 N–H and O–H groups in total. The smallest absolute Gasteiger partial charge is 0.262 e. The highest BCUT2D eigenvalue weighted by atomic mass is 28.2. The van der Waals surface area contributed by atoms with E-state index in [4.69, 9.17) is 13.9 Å². The fraction of sp³-hybridized carbons (Fsp3) is 0.647. The molecule has 0 bridgehead atoms. The first-order valence-corrected chi connectivity index (χ1v) is 9.82. The molecule has 1 rings (SSSR count). The Kier molecular flexibility index (Phi) is 9.55. The van der Waals surface area contributed by atoms with Crippen LogP contribution in [0.4, 0.5) is 8.78 Å². The van der Waals surface area contributed by atoms with Crippen molar-refractivity contribution in [2.75, 3.05) is 0 Å². The molecule has 0 fully saturated rings. The predicted molar refractivity (Wildman–Crippen MR) is 90.0 cm³/mol. The second-order valence-electron chi connectivity index (χ2n) is 6.09. The van der Waals surface area contributed by atoms with Gasteiger partial charge in [0, 0.05) is 0 Å². The third kappa shape index (κ3) is 9.15. The first-order valence-electron chi connectivity index (χ1n) is 8.25. The van der Waals surface area contributed by atoms with Gasteiger partial charge < -0.3 is 13.9 Å². The maximum Gasteiger partial charge on any atom is 0.262 e. The van der Waals surface area contributed by atoms with Crippen LogP contribution < -0.4 is 0 Å². The number of ether oxygens (including phenoxy) is 2. The maximum atomic E-state index is 13.1. The van der Waals surface area contributed by atoms with Crippen LogP contribution in [0.2, 0.25) is 6.04 Å². The van der Waals surface area contributed by atoms with E-state index in [2.05, 4.69) is 0 Å². The Morgan fingerprint density at radius 3 is 2.17 bits per heavy atom.